The van der Waals surface area contributed by atoms with Gasteiger partial charge in [0.05, 0.1) is 17.8 Å². The lowest BCUT2D eigenvalue weighted by Gasteiger charge is -2.36. The molecule has 1 fully saturated rings. The lowest BCUT2D eigenvalue weighted by Crippen LogP contribution is -2.46. The van der Waals surface area contributed by atoms with Gasteiger partial charge in [0, 0.05) is 43.3 Å². The largest absolute Gasteiger partial charge is 0.497 e. The normalized spacial score (nSPS) is 14.5. The van der Waals surface area contributed by atoms with Gasteiger partial charge in [0.2, 0.25) is 0 Å². The highest BCUT2D eigenvalue weighted by Crippen LogP contribution is 2.29. The summed E-state index contributed by atoms with van der Waals surface area (Å²) in [5, 5.41) is 8.64. The van der Waals surface area contributed by atoms with Gasteiger partial charge in [-0.3, -0.25) is 4.90 Å². The molecule has 2 heterocycles. The Kier molecular flexibility index (Phi) is 7.73. The van der Waals surface area contributed by atoms with Crippen LogP contribution in [-0.2, 0) is 0 Å². The van der Waals surface area contributed by atoms with Crippen LogP contribution in [0.25, 0.3) is 11.5 Å². The van der Waals surface area contributed by atoms with Gasteiger partial charge < -0.3 is 19.5 Å². The van der Waals surface area contributed by atoms with Gasteiger partial charge >= 0.3 is 0 Å². The van der Waals surface area contributed by atoms with E-state index in [4.69, 9.17) is 32.5 Å². The minimum absolute atomic E-state index is 0.477. The molecule has 4 rings (SSSR count). The molecule has 32 heavy (non-hydrogen) atoms. The van der Waals surface area contributed by atoms with Crippen molar-refractivity contribution in [1.82, 2.24) is 15.0 Å². The zero-order valence-electron chi connectivity index (χ0n) is 18.1. The molecule has 3 aromatic rings. The molecule has 170 valence electrons. The number of nitrogens with zero attached hydrogens (tertiary/aromatic N) is 4. The molecule has 0 saturated carbocycles. The van der Waals surface area contributed by atoms with Gasteiger partial charge in [0.15, 0.2) is 0 Å². The summed E-state index contributed by atoms with van der Waals surface area (Å²) >= 11 is 12.4. The first-order valence-corrected chi connectivity index (χ1v) is 11.5. The molecule has 0 unspecified atom stereocenters. The maximum atomic E-state index is 6.35. The molecular formula is C23H27Cl2N5O2. The van der Waals surface area contributed by atoms with E-state index in [0.29, 0.717) is 21.9 Å². The minimum atomic E-state index is 0.477. The number of anilines is 2. The van der Waals surface area contributed by atoms with Gasteiger partial charge in [0.1, 0.15) is 5.75 Å². The Hall–Kier alpha value is -2.48. The van der Waals surface area contributed by atoms with Crippen LogP contribution in [0.4, 0.5) is 11.6 Å². The number of unbranched alkanes of at least 4 members (excludes halogenated alkanes) is 1. The molecule has 7 nitrogen and oxygen atoms in total. The SMILES string of the molecule is COc1cccc(-c2nc(NCCCCN3CCN(c4ccc(Cl)cc4Cl)CC3)no2)c1. The number of halogens is 2. The number of ether oxygens (including phenoxy) is 1. The van der Waals surface area contributed by atoms with Crippen molar-refractivity contribution in [2.75, 3.05) is 56.6 Å². The summed E-state index contributed by atoms with van der Waals surface area (Å²) in [5.74, 6) is 1.74. The summed E-state index contributed by atoms with van der Waals surface area (Å²) in [5.41, 5.74) is 1.90. The standard InChI is InChI=1S/C23H27Cl2N5O2/c1-31-19-6-4-5-17(15-19)22-27-23(28-32-22)26-9-2-3-10-29-11-13-30(14-12-29)21-8-7-18(24)16-20(21)25/h4-8,15-16H,2-3,9-14H2,1H3,(H,26,28). The van der Waals surface area contributed by atoms with Crippen molar-refractivity contribution < 1.29 is 9.26 Å². The third-order valence-electron chi connectivity index (χ3n) is 5.55. The van der Waals surface area contributed by atoms with Gasteiger partial charge in [-0.2, -0.15) is 4.98 Å². The number of methoxy groups -OCH3 is 1. The fourth-order valence-corrected chi connectivity index (χ4v) is 4.31. The first kappa shape index (κ1) is 22.7. The molecule has 0 bridgehead atoms. The van der Waals surface area contributed by atoms with Gasteiger partial charge in [-0.05, 0) is 60.9 Å². The number of benzene rings is 2. The lowest BCUT2D eigenvalue weighted by molar-refractivity contribution is 0.254. The minimum Gasteiger partial charge on any atom is -0.497 e. The van der Waals surface area contributed by atoms with Crippen molar-refractivity contribution in [1.29, 1.82) is 0 Å². The van der Waals surface area contributed by atoms with E-state index in [1.807, 2.05) is 36.4 Å². The molecular weight excluding hydrogens is 449 g/mol. The predicted octanol–water partition coefficient (Wildman–Crippen LogP) is 5.07. The van der Waals surface area contributed by atoms with Crippen LogP contribution < -0.4 is 15.0 Å². The Bertz CT molecular complexity index is 1020. The number of nitrogens with one attached hydrogen (secondary N) is 1. The van der Waals surface area contributed by atoms with E-state index in [1.165, 1.54) is 0 Å². The maximum absolute atomic E-state index is 6.35. The second-order valence-electron chi connectivity index (χ2n) is 7.71. The average molecular weight is 476 g/mol. The molecule has 0 atom stereocenters. The van der Waals surface area contributed by atoms with E-state index in [0.717, 1.165) is 69.1 Å². The monoisotopic (exact) mass is 475 g/mol. The number of hydrogen-bond acceptors (Lipinski definition) is 7. The highest BCUT2D eigenvalue weighted by molar-refractivity contribution is 6.36. The molecule has 1 aliphatic heterocycles. The number of aromatic nitrogens is 2. The van der Waals surface area contributed by atoms with Crippen LogP contribution in [0, 0.1) is 0 Å². The molecule has 1 N–H and O–H groups in total. The number of rotatable bonds is 9. The van der Waals surface area contributed by atoms with Crippen LogP contribution in [0.3, 0.4) is 0 Å². The zero-order chi connectivity index (χ0) is 22.3. The fraction of sp³-hybridized carbons (Fsp3) is 0.391. The maximum Gasteiger partial charge on any atom is 0.263 e. The average Bonchev–Trinajstić information content (AvgIpc) is 3.28. The Labute approximate surface area is 198 Å². The lowest BCUT2D eigenvalue weighted by atomic mass is 10.2. The second-order valence-corrected chi connectivity index (χ2v) is 8.56. The van der Waals surface area contributed by atoms with Crippen molar-refractivity contribution in [3.05, 3.63) is 52.5 Å². The van der Waals surface area contributed by atoms with Crippen molar-refractivity contribution in [3.8, 4) is 17.2 Å². The van der Waals surface area contributed by atoms with E-state index in [-0.39, 0.29) is 0 Å². The van der Waals surface area contributed by atoms with E-state index in [2.05, 4.69) is 25.3 Å². The number of piperazine rings is 1. The molecule has 1 aliphatic rings. The van der Waals surface area contributed by atoms with Crippen LogP contribution in [0.5, 0.6) is 5.75 Å². The summed E-state index contributed by atoms with van der Waals surface area (Å²) in [6.45, 7) is 5.87. The highest BCUT2D eigenvalue weighted by Gasteiger charge is 2.18. The summed E-state index contributed by atoms with van der Waals surface area (Å²) in [4.78, 5) is 9.24. The zero-order valence-corrected chi connectivity index (χ0v) is 19.6. The van der Waals surface area contributed by atoms with Crippen molar-refractivity contribution in [3.63, 3.8) is 0 Å². The molecule has 0 radical (unpaired) electrons. The predicted molar refractivity (Wildman–Crippen MR) is 129 cm³/mol. The van der Waals surface area contributed by atoms with Crippen LogP contribution in [0.2, 0.25) is 10.0 Å². The van der Waals surface area contributed by atoms with Crippen LogP contribution in [0.1, 0.15) is 12.8 Å². The molecule has 1 aromatic heterocycles. The molecule has 0 amide bonds. The molecule has 0 spiro atoms. The first-order chi connectivity index (χ1) is 15.6. The van der Waals surface area contributed by atoms with E-state index < -0.39 is 0 Å². The molecule has 1 saturated heterocycles. The Morgan fingerprint density at radius 3 is 2.69 bits per heavy atom. The Morgan fingerprint density at radius 1 is 1.06 bits per heavy atom. The quantitative estimate of drug-likeness (QED) is 0.433. The third kappa shape index (κ3) is 5.85. The van der Waals surface area contributed by atoms with Crippen molar-refractivity contribution >= 4 is 34.8 Å². The summed E-state index contributed by atoms with van der Waals surface area (Å²) in [7, 11) is 1.63. The fourth-order valence-electron chi connectivity index (χ4n) is 3.78. The molecule has 9 heteroatoms. The Morgan fingerprint density at radius 2 is 1.91 bits per heavy atom. The highest BCUT2D eigenvalue weighted by atomic mass is 35.5. The van der Waals surface area contributed by atoms with Gasteiger partial charge in [0.25, 0.3) is 11.8 Å². The van der Waals surface area contributed by atoms with Gasteiger partial charge in [-0.1, -0.05) is 29.3 Å². The topological polar surface area (TPSA) is 66.7 Å². The summed E-state index contributed by atoms with van der Waals surface area (Å²) in [6, 6.07) is 13.3. The van der Waals surface area contributed by atoms with Crippen LogP contribution in [0.15, 0.2) is 47.0 Å². The second kappa shape index (κ2) is 10.9. The summed E-state index contributed by atoms with van der Waals surface area (Å²) < 4.78 is 10.6. The smallest absolute Gasteiger partial charge is 0.263 e. The molecule has 2 aromatic carbocycles. The summed E-state index contributed by atoms with van der Waals surface area (Å²) in [6.07, 6.45) is 2.14. The Balaban J connectivity index is 1.15. The van der Waals surface area contributed by atoms with Crippen LogP contribution >= 0.6 is 23.2 Å². The number of hydrogen-bond donors (Lipinski definition) is 1. The van der Waals surface area contributed by atoms with Crippen LogP contribution in [-0.4, -0.2) is 61.4 Å². The van der Waals surface area contributed by atoms with E-state index in [9.17, 15) is 0 Å². The van der Waals surface area contributed by atoms with E-state index >= 15 is 0 Å². The van der Waals surface area contributed by atoms with Crippen molar-refractivity contribution in [2.24, 2.45) is 0 Å². The van der Waals surface area contributed by atoms with Gasteiger partial charge in [-0.25, -0.2) is 0 Å². The van der Waals surface area contributed by atoms with Crippen molar-refractivity contribution in [2.45, 2.75) is 12.8 Å². The third-order valence-corrected chi connectivity index (χ3v) is 6.09. The van der Waals surface area contributed by atoms with E-state index in [1.54, 1.807) is 13.2 Å². The molecule has 0 aliphatic carbocycles. The first-order valence-electron chi connectivity index (χ1n) is 10.8. The van der Waals surface area contributed by atoms with Gasteiger partial charge in [-0.15, -0.1) is 0 Å².